The van der Waals surface area contributed by atoms with Crippen LogP contribution in [0.3, 0.4) is 0 Å². The molecule has 0 saturated heterocycles. The highest BCUT2D eigenvalue weighted by Crippen LogP contribution is 2.17. The van der Waals surface area contributed by atoms with Crippen LogP contribution in [0.25, 0.3) is 0 Å². The fourth-order valence-corrected chi connectivity index (χ4v) is 2.96. The number of para-hydroxylation sites is 1. The normalized spacial score (nSPS) is 12.7. The summed E-state index contributed by atoms with van der Waals surface area (Å²) in [6, 6.07) is 8.06. The van der Waals surface area contributed by atoms with Crippen LogP contribution < -0.4 is 15.4 Å². The number of nitrogens with one attached hydrogen (secondary N) is 2. The lowest BCUT2D eigenvalue weighted by Crippen LogP contribution is -2.42. The monoisotopic (exact) mass is 404 g/mol. The van der Waals surface area contributed by atoms with Crippen LogP contribution in [0.15, 0.2) is 29.3 Å². The fraction of sp³-hybridized carbons (Fsp3) is 0.550. The van der Waals surface area contributed by atoms with Crippen LogP contribution in [0.2, 0.25) is 0 Å². The number of aliphatic imine (C=N–C) groups is 1. The fourth-order valence-electron chi connectivity index (χ4n) is 2.52. The molecule has 2 N–H and O–H groups in total. The molecular formula is C20H32N6OS. The van der Waals surface area contributed by atoms with E-state index in [2.05, 4.69) is 52.0 Å². The maximum atomic E-state index is 6.05. The van der Waals surface area contributed by atoms with Crippen molar-refractivity contribution in [3.63, 3.8) is 0 Å². The molecule has 2 aromatic rings. The summed E-state index contributed by atoms with van der Waals surface area (Å²) in [6.45, 7) is 8.04. The Labute approximate surface area is 172 Å². The molecule has 1 aromatic heterocycles. The molecule has 0 fully saturated rings. The predicted molar refractivity (Wildman–Crippen MR) is 117 cm³/mol. The molecular weight excluding hydrogens is 372 g/mol. The van der Waals surface area contributed by atoms with Crippen molar-refractivity contribution >= 4 is 17.7 Å². The van der Waals surface area contributed by atoms with Crippen molar-refractivity contribution in [3.05, 3.63) is 41.5 Å². The molecule has 28 heavy (non-hydrogen) atoms. The Morgan fingerprint density at radius 3 is 2.71 bits per heavy atom. The van der Waals surface area contributed by atoms with Crippen LogP contribution in [0.4, 0.5) is 0 Å². The van der Waals surface area contributed by atoms with E-state index in [9.17, 15) is 0 Å². The summed E-state index contributed by atoms with van der Waals surface area (Å²) in [4.78, 5) is 4.67. The SMILES string of the molecule is CSCCCNC(=NCc1nnc(C)n1C)NCC(C)Oc1ccccc1C. The van der Waals surface area contributed by atoms with Crippen molar-refractivity contribution in [1.29, 1.82) is 0 Å². The molecule has 0 radical (unpaired) electrons. The molecule has 154 valence electrons. The summed E-state index contributed by atoms with van der Waals surface area (Å²) in [6.07, 6.45) is 3.21. The van der Waals surface area contributed by atoms with Gasteiger partial charge >= 0.3 is 0 Å². The highest BCUT2D eigenvalue weighted by molar-refractivity contribution is 7.98. The largest absolute Gasteiger partial charge is 0.489 e. The van der Waals surface area contributed by atoms with Gasteiger partial charge in [0.15, 0.2) is 11.8 Å². The van der Waals surface area contributed by atoms with Crippen LogP contribution >= 0.6 is 11.8 Å². The van der Waals surface area contributed by atoms with Crippen LogP contribution in [0.1, 0.15) is 30.6 Å². The minimum atomic E-state index is 0.0105. The zero-order valence-electron chi connectivity index (χ0n) is 17.5. The van der Waals surface area contributed by atoms with E-state index >= 15 is 0 Å². The molecule has 0 aliphatic rings. The lowest BCUT2D eigenvalue weighted by atomic mass is 10.2. The topological polar surface area (TPSA) is 76.4 Å². The average molecular weight is 405 g/mol. The smallest absolute Gasteiger partial charge is 0.191 e. The Bertz CT molecular complexity index is 761. The molecule has 0 aliphatic carbocycles. The van der Waals surface area contributed by atoms with Gasteiger partial charge in [-0.1, -0.05) is 18.2 Å². The molecule has 0 aliphatic heterocycles. The Hall–Kier alpha value is -2.22. The van der Waals surface area contributed by atoms with Crippen molar-refractivity contribution in [2.45, 2.75) is 39.8 Å². The Morgan fingerprint density at radius 1 is 1.25 bits per heavy atom. The summed E-state index contributed by atoms with van der Waals surface area (Å²) in [5, 5.41) is 15.0. The third kappa shape index (κ3) is 7.07. The first-order valence-corrected chi connectivity index (χ1v) is 11.0. The molecule has 1 heterocycles. The minimum Gasteiger partial charge on any atom is -0.489 e. The van der Waals surface area contributed by atoms with Crippen molar-refractivity contribution in [2.24, 2.45) is 12.0 Å². The van der Waals surface area contributed by atoms with Gasteiger partial charge in [-0.05, 0) is 50.8 Å². The Morgan fingerprint density at radius 2 is 2.04 bits per heavy atom. The van der Waals surface area contributed by atoms with E-state index < -0.39 is 0 Å². The van der Waals surface area contributed by atoms with E-state index in [4.69, 9.17) is 4.74 Å². The number of ether oxygens (including phenoxy) is 1. The summed E-state index contributed by atoms with van der Waals surface area (Å²) < 4.78 is 8.01. The number of benzene rings is 1. The van der Waals surface area contributed by atoms with Crippen molar-refractivity contribution in [2.75, 3.05) is 25.1 Å². The first kappa shape index (κ1) is 22.1. The van der Waals surface area contributed by atoms with Gasteiger partial charge in [-0.25, -0.2) is 4.99 Å². The molecule has 7 nitrogen and oxygen atoms in total. The molecule has 0 bridgehead atoms. The summed E-state index contributed by atoms with van der Waals surface area (Å²) in [7, 11) is 1.96. The average Bonchev–Trinajstić information content (AvgIpc) is 3.00. The molecule has 0 amide bonds. The maximum Gasteiger partial charge on any atom is 0.191 e. The highest BCUT2D eigenvalue weighted by Gasteiger charge is 2.09. The van der Waals surface area contributed by atoms with Crippen molar-refractivity contribution in [1.82, 2.24) is 25.4 Å². The first-order chi connectivity index (χ1) is 13.5. The molecule has 0 spiro atoms. The standard InChI is InChI=1S/C20H32N6OS/c1-15-9-6-7-10-18(15)27-16(2)13-22-20(21-11-8-12-28-5)23-14-19-25-24-17(3)26(19)4/h6-7,9-10,16H,8,11-14H2,1-5H3,(H2,21,22,23). The van der Waals surface area contributed by atoms with E-state index in [1.807, 2.05) is 48.5 Å². The molecule has 1 aromatic carbocycles. The van der Waals surface area contributed by atoms with Gasteiger partial charge in [-0.3, -0.25) is 0 Å². The van der Waals surface area contributed by atoms with Gasteiger partial charge in [0.2, 0.25) is 0 Å². The van der Waals surface area contributed by atoms with E-state index in [0.29, 0.717) is 13.1 Å². The second-order valence-electron chi connectivity index (χ2n) is 6.74. The molecule has 2 rings (SSSR count). The van der Waals surface area contributed by atoms with Gasteiger partial charge < -0.3 is 19.9 Å². The van der Waals surface area contributed by atoms with Crippen LogP contribution in [-0.4, -0.2) is 51.9 Å². The van der Waals surface area contributed by atoms with E-state index in [1.165, 1.54) is 0 Å². The van der Waals surface area contributed by atoms with E-state index in [-0.39, 0.29) is 6.10 Å². The summed E-state index contributed by atoms with van der Waals surface area (Å²) >= 11 is 1.85. The van der Waals surface area contributed by atoms with Crippen molar-refractivity contribution < 1.29 is 4.74 Å². The predicted octanol–water partition coefficient (Wildman–Crippen LogP) is 2.69. The van der Waals surface area contributed by atoms with Crippen LogP contribution in [0.5, 0.6) is 5.75 Å². The van der Waals surface area contributed by atoms with Gasteiger partial charge in [-0.2, -0.15) is 11.8 Å². The minimum absolute atomic E-state index is 0.0105. The molecule has 0 saturated carbocycles. The molecule has 8 heteroatoms. The quantitative estimate of drug-likeness (QED) is 0.360. The Kier molecular flexibility index (Phi) is 9.13. The number of thioether (sulfide) groups is 1. The third-order valence-electron chi connectivity index (χ3n) is 4.36. The first-order valence-electron chi connectivity index (χ1n) is 9.59. The summed E-state index contributed by atoms with van der Waals surface area (Å²) in [5.41, 5.74) is 1.14. The van der Waals surface area contributed by atoms with Gasteiger partial charge in [0.1, 0.15) is 24.2 Å². The van der Waals surface area contributed by atoms with Gasteiger partial charge in [0.05, 0.1) is 6.54 Å². The zero-order chi connectivity index (χ0) is 20.4. The van der Waals surface area contributed by atoms with Gasteiger partial charge in [0.25, 0.3) is 0 Å². The zero-order valence-corrected chi connectivity index (χ0v) is 18.3. The van der Waals surface area contributed by atoms with Gasteiger partial charge in [-0.15, -0.1) is 10.2 Å². The second kappa shape index (κ2) is 11.6. The van der Waals surface area contributed by atoms with E-state index in [0.717, 1.165) is 47.6 Å². The maximum absolute atomic E-state index is 6.05. The lowest BCUT2D eigenvalue weighted by molar-refractivity contribution is 0.222. The number of guanidine groups is 1. The van der Waals surface area contributed by atoms with Crippen LogP contribution in [0, 0.1) is 13.8 Å². The second-order valence-corrected chi connectivity index (χ2v) is 7.72. The summed E-state index contributed by atoms with van der Waals surface area (Å²) in [5.74, 6) is 4.52. The highest BCUT2D eigenvalue weighted by atomic mass is 32.2. The molecule has 1 atom stereocenters. The van der Waals surface area contributed by atoms with Crippen molar-refractivity contribution in [3.8, 4) is 5.75 Å². The number of rotatable bonds is 10. The number of aromatic nitrogens is 3. The number of hydrogen-bond acceptors (Lipinski definition) is 5. The number of hydrogen-bond donors (Lipinski definition) is 2. The van der Waals surface area contributed by atoms with Gasteiger partial charge in [0, 0.05) is 13.6 Å². The Balaban J connectivity index is 1.93. The number of nitrogens with zero attached hydrogens (tertiary/aromatic N) is 4. The van der Waals surface area contributed by atoms with E-state index in [1.54, 1.807) is 0 Å². The lowest BCUT2D eigenvalue weighted by Gasteiger charge is -2.19. The third-order valence-corrected chi connectivity index (χ3v) is 5.05. The van der Waals surface area contributed by atoms with Crippen LogP contribution in [-0.2, 0) is 13.6 Å². The number of aryl methyl sites for hydroxylation is 2. The molecule has 1 unspecified atom stereocenters.